The molecule has 1 aromatic heterocycles. The average molecular weight is 331 g/mol. The summed E-state index contributed by atoms with van der Waals surface area (Å²) < 4.78 is 22.4. The van der Waals surface area contributed by atoms with Gasteiger partial charge in [0.05, 0.1) is 38.9 Å². The molecule has 7 heteroatoms. The lowest BCUT2D eigenvalue weighted by molar-refractivity contribution is 0.0303. The molecule has 0 unspecified atom stereocenters. The van der Waals surface area contributed by atoms with Gasteiger partial charge in [0.2, 0.25) is 5.75 Å². The van der Waals surface area contributed by atoms with Crippen molar-refractivity contribution in [2.24, 2.45) is 0 Å². The van der Waals surface area contributed by atoms with Crippen LogP contribution in [0.5, 0.6) is 17.2 Å². The van der Waals surface area contributed by atoms with Gasteiger partial charge in [-0.25, -0.2) is 9.97 Å². The molecule has 0 N–H and O–H groups in total. The summed E-state index contributed by atoms with van der Waals surface area (Å²) in [6.45, 7) is 1.69. The fraction of sp³-hybridized carbons (Fsp3) is 0.529. The Bertz CT molecular complexity index is 755. The Morgan fingerprint density at radius 3 is 2.33 bits per heavy atom. The van der Waals surface area contributed by atoms with E-state index in [0.717, 1.165) is 42.7 Å². The van der Waals surface area contributed by atoms with Crippen molar-refractivity contribution >= 4 is 16.7 Å². The normalized spacial score (nSPS) is 22.7. The van der Waals surface area contributed by atoms with Crippen LogP contribution in [-0.4, -0.2) is 56.6 Å². The lowest BCUT2D eigenvalue weighted by atomic mass is 10.1. The first-order chi connectivity index (χ1) is 11.7. The van der Waals surface area contributed by atoms with Gasteiger partial charge in [-0.2, -0.15) is 0 Å². The van der Waals surface area contributed by atoms with Crippen molar-refractivity contribution in [3.63, 3.8) is 0 Å². The van der Waals surface area contributed by atoms with Crippen LogP contribution in [-0.2, 0) is 4.74 Å². The van der Waals surface area contributed by atoms with Crippen LogP contribution in [0.15, 0.2) is 12.4 Å². The summed E-state index contributed by atoms with van der Waals surface area (Å²) in [6.07, 6.45) is 4.38. The number of hydrogen-bond donors (Lipinski definition) is 0. The summed E-state index contributed by atoms with van der Waals surface area (Å²) >= 11 is 0. The third-order valence-electron chi connectivity index (χ3n) is 4.75. The molecule has 4 rings (SSSR count). The van der Waals surface area contributed by atoms with Gasteiger partial charge in [0.25, 0.3) is 0 Å². The minimum Gasteiger partial charge on any atom is -0.493 e. The SMILES string of the molecule is COc1cc2c(N3C[C@H]4CC[C@@H](C3)O4)ncnc2c(OC)c1OC. The molecule has 0 amide bonds. The van der Waals surface area contributed by atoms with Crippen LogP contribution >= 0.6 is 0 Å². The van der Waals surface area contributed by atoms with E-state index in [9.17, 15) is 0 Å². The number of rotatable bonds is 4. The number of benzene rings is 1. The zero-order valence-electron chi connectivity index (χ0n) is 14.1. The largest absolute Gasteiger partial charge is 0.493 e. The fourth-order valence-electron chi connectivity index (χ4n) is 3.69. The molecular weight excluding hydrogens is 310 g/mol. The van der Waals surface area contributed by atoms with Gasteiger partial charge in [-0.1, -0.05) is 0 Å². The van der Waals surface area contributed by atoms with Crippen LogP contribution in [0.4, 0.5) is 5.82 Å². The molecule has 2 aliphatic heterocycles. The standard InChI is InChI=1S/C17H21N3O4/c1-21-13-6-12-14(16(23-3)15(13)22-2)18-9-19-17(12)20-7-10-4-5-11(8-20)24-10/h6,9-11H,4-5,7-8H2,1-3H3/t10-,11+. The Kier molecular flexibility index (Phi) is 3.80. The predicted octanol–water partition coefficient (Wildman–Crippen LogP) is 2.02. The minimum atomic E-state index is 0.288. The van der Waals surface area contributed by atoms with Crippen molar-refractivity contribution in [3.05, 3.63) is 12.4 Å². The number of nitrogens with zero attached hydrogens (tertiary/aromatic N) is 3. The van der Waals surface area contributed by atoms with Crippen molar-refractivity contribution in [2.45, 2.75) is 25.0 Å². The molecule has 0 saturated carbocycles. The van der Waals surface area contributed by atoms with E-state index >= 15 is 0 Å². The monoisotopic (exact) mass is 331 g/mol. The van der Waals surface area contributed by atoms with E-state index in [2.05, 4.69) is 14.9 Å². The molecule has 24 heavy (non-hydrogen) atoms. The highest BCUT2D eigenvalue weighted by Gasteiger charge is 2.35. The van der Waals surface area contributed by atoms with Crippen LogP contribution in [0.1, 0.15) is 12.8 Å². The Morgan fingerprint density at radius 1 is 1.00 bits per heavy atom. The van der Waals surface area contributed by atoms with E-state index in [-0.39, 0.29) is 12.2 Å². The van der Waals surface area contributed by atoms with E-state index in [1.165, 1.54) is 0 Å². The number of fused-ring (bicyclic) bond motifs is 3. The first-order valence-corrected chi connectivity index (χ1v) is 8.09. The lowest BCUT2D eigenvalue weighted by Crippen LogP contribution is -2.43. The summed E-state index contributed by atoms with van der Waals surface area (Å²) in [7, 11) is 4.81. The second kappa shape index (κ2) is 5.98. The number of morpholine rings is 1. The smallest absolute Gasteiger partial charge is 0.205 e. The molecule has 2 atom stereocenters. The topological polar surface area (TPSA) is 65.9 Å². The van der Waals surface area contributed by atoms with Crippen molar-refractivity contribution in [3.8, 4) is 17.2 Å². The second-order valence-electron chi connectivity index (χ2n) is 6.10. The maximum Gasteiger partial charge on any atom is 0.205 e. The van der Waals surface area contributed by atoms with E-state index in [4.69, 9.17) is 18.9 Å². The molecule has 2 aliphatic rings. The van der Waals surface area contributed by atoms with Gasteiger partial charge in [0.1, 0.15) is 17.7 Å². The third kappa shape index (κ3) is 2.31. The van der Waals surface area contributed by atoms with E-state index in [1.54, 1.807) is 27.7 Å². The first kappa shape index (κ1) is 15.3. The molecule has 0 aliphatic carbocycles. The number of aromatic nitrogens is 2. The molecule has 1 aromatic carbocycles. The van der Waals surface area contributed by atoms with Gasteiger partial charge < -0.3 is 23.8 Å². The molecule has 2 aromatic rings. The summed E-state index contributed by atoms with van der Waals surface area (Å²) in [6, 6.07) is 1.92. The van der Waals surface area contributed by atoms with Crippen LogP contribution in [0.2, 0.25) is 0 Å². The van der Waals surface area contributed by atoms with Crippen LogP contribution in [0.25, 0.3) is 10.9 Å². The lowest BCUT2D eigenvalue weighted by Gasteiger charge is -2.33. The highest BCUT2D eigenvalue weighted by Crippen LogP contribution is 2.44. The number of hydrogen-bond acceptors (Lipinski definition) is 7. The fourth-order valence-corrected chi connectivity index (χ4v) is 3.69. The molecule has 3 heterocycles. The number of methoxy groups -OCH3 is 3. The Hall–Kier alpha value is -2.28. The molecule has 7 nitrogen and oxygen atoms in total. The van der Waals surface area contributed by atoms with E-state index < -0.39 is 0 Å². The molecule has 0 radical (unpaired) electrons. The summed E-state index contributed by atoms with van der Waals surface area (Å²) in [5.41, 5.74) is 0.721. The second-order valence-corrected chi connectivity index (χ2v) is 6.10. The molecule has 2 bridgehead atoms. The van der Waals surface area contributed by atoms with Crippen molar-refractivity contribution in [1.82, 2.24) is 9.97 Å². The van der Waals surface area contributed by atoms with Crippen molar-refractivity contribution < 1.29 is 18.9 Å². The average Bonchev–Trinajstić information content (AvgIpc) is 2.97. The summed E-state index contributed by atoms with van der Waals surface area (Å²) in [4.78, 5) is 11.2. The van der Waals surface area contributed by atoms with Crippen LogP contribution in [0, 0.1) is 0 Å². The van der Waals surface area contributed by atoms with E-state index in [0.29, 0.717) is 17.2 Å². The minimum absolute atomic E-state index is 0.288. The van der Waals surface area contributed by atoms with Crippen LogP contribution < -0.4 is 19.1 Å². The van der Waals surface area contributed by atoms with Gasteiger partial charge >= 0.3 is 0 Å². The van der Waals surface area contributed by atoms with Crippen LogP contribution in [0.3, 0.4) is 0 Å². The molecule has 2 fully saturated rings. The molecule has 0 spiro atoms. The quantitative estimate of drug-likeness (QED) is 0.849. The van der Waals surface area contributed by atoms with E-state index in [1.807, 2.05) is 6.07 Å². The van der Waals surface area contributed by atoms with Crippen molar-refractivity contribution in [2.75, 3.05) is 39.3 Å². The number of anilines is 1. The zero-order chi connectivity index (χ0) is 16.7. The summed E-state index contributed by atoms with van der Waals surface area (Å²) in [5, 5.41) is 0.897. The van der Waals surface area contributed by atoms with Gasteiger partial charge in [-0.15, -0.1) is 0 Å². The highest BCUT2D eigenvalue weighted by molar-refractivity contribution is 5.97. The highest BCUT2D eigenvalue weighted by atomic mass is 16.5. The first-order valence-electron chi connectivity index (χ1n) is 8.09. The predicted molar refractivity (Wildman–Crippen MR) is 89.3 cm³/mol. The zero-order valence-corrected chi connectivity index (χ0v) is 14.1. The number of ether oxygens (including phenoxy) is 4. The summed E-state index contributed by atoms with van der Waals surface area (Å²) in [5.74, 6) is 2.60. The van der Waals surface area contributed by atoms with Crippen molar-refractivity contribution in [1.29, 1.82) is 0 Å². The van der Waals surface area contributed by atoms with Gasteiger partial charge in [0.15, 0.2) is 11.5 Å². The van der Waals surface area contributed by atoms with Gasteiger partial charge in [0, 0.05) is 13.1 Å². The maximum absolute atomic E-state index is 5.93. The Labute approximate surface area is 140 Å². The van der Waals surface area contributed by atoms with Gasteiger partial charge in [-0.3, -0.25) is 0 Å². The maximum atomic E-state index is 5.93. The Balaban J connectivity index is 1.87. The Morgan fingerprint density at radius 2 is 1.71 bits per heavy atom. The van der Waals surface area contributed by atoms with Gasteiger partial charge in [-0.05, 0) is 18.9 Å². The molecule has 128 valence electrons. The molecular formula is C17H21N3O4. The molecule has 2 saturated heterocycles. The third-order valence-corrected chi connectivity index (χ3v) is 4.75.